The zero-order chi connectivity index (χ0) is 21.1. The number of pyridine rings is 1. The number of anilines is 1. The van der Waals surface area contributed by atoms with Gasteiger partial charge in [0.05, 0.1) is 27.4 Å². The molecule has 2 aromatic carbocycles. The van der Waals surface area contributed by atoms with Gasteiger partial charge in [0, 0.05) is 18.1 Å². The summed E-state index contributed by atoms with van der Waals surface area (Å²) in [6, 6.07) is 16.7. The Kier molecular flexibility index (Phi) is 5.81. The molecule has 152 valence electrons. The van der Waals surface area contributed by atoms with Crippen LogP contribution in [0.15, 0.2) is 70.7 Å². The molecule has 2 aromatic heterocycles. The molecule has 0 saturated carbocycles. The summed E-state index contributed by atoms with van der Waals surface area (Å²) in [5.41, 5.74) is 2.11. The van der Waals surface area contributed by atoms with Crippen LogP contribution in [0.2, 0.25) is 0 Å². The minimum absolute atomic E-state index is 0.0716. The number of para-hydroxylation sites is 1. The summed E-state index contributed by atoms with van der Waals surface area (Å²) in [4.78, 5) is 34.8. The number of aromatic nitrogens is 3. The summed E-state index contributed by atoms with van der Waals surface area (Å²) in [5, 5.41) is 4.59. The highest BCUT2D eigenvalue weighted by Crippen LogP contribution is 2.26. The molecular weight excluding hydrogens is 396 g/mol. The van der Waals surface area contributed by atoms with Gasteiger partial charge in [-0.25, -0.2) is 4.98 Å². The van der Waals surface area contributed by atoms with Crippen molar-refractivity contribution in [3.8, 4) is 0 Å². The van der Waals surface area contributed by atoms with Crippen LogP contribution < -0.4 is 10.9 Å². The second-order valence-corrected chi connectivity index (χ2v) is 8.30. The SMILES string of the molecule is CCCn1c(SC(C)C(=O)Nc2cccc3ncccc23)nc2ccccc2c1=O. The first-order chi connectivity index (χ1) is 14.6. The van der Waals surface area contributed by atoms with Crippen LogP contribution in [0.5, 0.6) is 0 Å². The van der Waals surface area contributed by atoms with Crippen molar-refractivity contribution < 1.29 is 4.79 Å². The standard InChI is InChI=1S/C23H22N4O2S/c1-3-14-27-22(29)17-8-4-5-10-20(17)26-23(27)30-15(2)21(28)25-19-12-6-11-18-16(19)9-7-13-24-18/h4-13,15H,3,14H2,1-2H3,(H,25,28). The Morgan fingerprint density at radius 2 is 1.83 bits per heavy atom. The molecular formula is C23H22N4O2S. The van der Waals surface area contributed by atoms with E-state index in [1.165, 1.54) is 11.8 Å². The van der Waals surface area contributed by atoms with Crippen molar-refractivity contribution in [2.24, 2.45) is 0 Å². The maximum Gasteiger partial charge on any atom is 0.262 e. The summed E-state index contributed by atoms with van der Waals surface area (Å²) in [7, 11) is 0. The van der Waals surface area contributed by atoms with E-state index in [0.717, 1.165) is 23.0 Å². The van der Waals surface area contributed by atoms with Gasteiger partial charge < -0.3 is 5.32 Å². The van der Waals surface area contributed by atoms with E-state index >= 15 is 0 Å². The Bertz CT molecular complexity index is 1280. The first-order valence-electron chi connectivity index (χ1n) is 9.89. The third-order valence-corrected chi connectivity index (χ3v) is 5.92. The molecule has 6 nitrogen and oxygen atoms in total. The number of carbonyl (C=O) groups is 1. The van der Waals surface area contributed by atoms with Crippen LogP contribution in [-0.2, 0) is 11.3 Å². The number of fused-ring (bicyclic) bond motifs is 2. The zero-order valence-corrected chi connectivity index (χ0v) is 17.6. The molecule has 1 unspecified atom stereocenters. The molecule has 0 fully saturated rings. The van der Waals surface area contributed by atoms with Gasteiger partial charge in [-0.1, -0.05) is 36.9 Å². The first-order valence-corrected chi connectivity index (χ1v) is 10.8. The Morgan fingerprint density at radius 3 is 2.67 bits per heavy atom. The molecule has 1 amide bonds. The summed E-state index contributed by atoms with van der Waals surface area (Å²) < 4.78 is 1.67. The third-order valence-electron chi connectivity index (χ3n) is 4.83. The quantitative estimate of drug-likeness (QED) is 0.369. The fourth-order valence-corrected chi connectivity index (χ4v) is 4.25. The molecule has 4 aromatic rings. The number of amides is 1. The highest BCUT2D eigenvalue weighted by molar-refractivity contribution is 8.00. The number of thioether (sulfide) groups is 1. The monoisotopic (exact) mass is 418 g/mol. The molecule has 0 aliphatic heterocycles. The molecule has 1 atom stereocenters. The summed E-state index contributed by atoms with van der Waals surface area (Å²) in [6.45, 7) is 4.39. The highest BCUT2D eigenvalue weighted by atomic mass is 32.2. The van der Waals surface area contributed by atoms with E-state index in [4.69, 9.17) is 0 Å². The normalized spacial score (nSPS) is 12.2. The highest BCUT2D eigenvalue weighted by Gasteiger charge is 2.20. The van der Waals surface area contributed by atoms with Crippen LogP contribution in [0.3, 0.4) is 0 Å². The lowest BCUT2D eigenvalue weighted by molar-refractivity contribution is -0.115. The lowest BCUT2D eigenvalue weighted by Crippen LogP contribution is -2.27. The Morgan fingerprint density at radius 1 is 1.07 bits per heavy atom. The Labute approximate surface area is 178 Å². The smallest absolute Gasteiger partial charge is 0.262 e. The molecule has 0 radical (unpaired) electrons. The summed E-state index contributed by atoms with van der Waals surface area (Å²) in [5.74, 6) is -0.151. The molecule has 0 aliphatic rings. The number of nitrogens with one attached hydrogen (secondary N) is 1. The van der Waals surface area contributed by atoms with E-state index in [9.17, 15) is 9.59 Å². The van der Waals surface area contributed by atoms with E-state index in [1.54, 1.807) is 16.8 Å². The predicted octanol–water partition coefficient (Wildman–Crippen LogP) is 4.47. The molecule has 0 saturated heterocycles. The lowest BCUT2D eigenvalue weighted by atomic mass is 10.2. The summed E-state index contributed by atoms with van der Waals surface area (Å²) >= 11 is 1.30. The Hall–Kier alpha value is -3.19. The third kappa shape index (κ3) is 3.93. The van der Waals surface area contributed by atoms with Gasteiger partial charge in [0.25, 0.3) is 5.56 Å². The number of rotatable bonds is 6. The zero-order valence-electron chi connectivity index (χ0n) is 16.8. The van der Waals surface area contributed by atoms with Crippen molar-refractivity contribution >= 4 is 45.2 Å². The van der Waals surface area contributed by atoms with Crippen molar-refractivity contribution in [2.45, 2.75) is 37.2 Å². The van der Waals surface area contributed by atoms with Crippen LogP contribution in [0.1, 0.15) is 20.3 Å². The van der Waals surface area contributed by atoms with Crippen molar-refractivity contribution in [1.29, 1.82) is 0 Å². The van der Waals surface area contributed by atoms with Gasteiger partial charge in [-0.15, -0.1) is 0 Å². The average Bonchev–Trinajstić information content (AvgIpc) is 2.76. The topological polar surface area (TPSA) is 76.9 Å². The van der Waals surface area contributed by atoms with Gasteiger partial charge in [0.1, 0.15) is 0 Å². The largest absolute Gasteiger partial charge is 0.324 e. The van der Waals surface area contributed by atoms with Gasteiger partial charge in [-0.05, 0) is 49.7 Å². The van der Waals surface area contributed by atoms with Crippen LogP contribution in [0, 0.1) is 0 Å². The Balaban J connectivity index is 1.62. The van der Waals surface area contributed by atoms with Crippen molar-refractivity contribution in [2.75, 3.05) is 5.32 Å². The number of hydrogen-bond donors (Lipinski definition) is 1. The molecule has 1 N–H and O–H groups in total. The number of hydrogen-bond acceptors (Lipinski definition) is 5. The number of carbonyl (C=O) groups excluding carboxylic acids is 1. The second kappa shape index (κ2) is 8.67. The van der Waals surface area contributed by atoms with Gasteiger partial charge in [0.2, 0.25) is 5.91 Å². The predicted molar refractivity (Wildman–Crippen MR) is 122 cm³/mol. The van der Waals surface area contributed by atoms with Crippen molar-refractivity contribution in [3.63, 3.8) is 0 Å². The molecule has 4 rings (SSSR count). The van der Waals surface area contributed by atoms with Crippen LogP contribution >= 0.6 is 11.8 Å². The van der Waals surface area contributed by atoms with Gasteiger partial charge >= 0.3 is 0 Å². The molecule has 0 bridgehead atoms. The van der Waals surface area contributed by atoms with E-state index in [2.05, 4.69) is 15.3 Å². The van der Waals surface area contributed by atoms with Gasteiger partial charge in [0.15, 0.2) is 5.16 Å². The number of nitrogens with zero attached hydrogens (tertiary/aromatic N) is 3. The van der Waals surface area contributed by atoms with E-state index < -0.39 is 5.25 Å². The lowest BCUT2D eigenvalue weighted by Gasteiger charge is -2.16. The molecule has 0 spiro atoms. The van der Waals surface area contributed by atoms with E-state index in [-0.39, 0.29) is 11.5 Å². The minimum Gasteiger partial charge on any atom is -0.324 e. The fourth-order valence-electron chi connectivity index (χ4n) is 3.32. The van der Waals surface area contributed by atoms with Crippen LogP contribution in [0.4, 0.5) is 5.69 Å². The van der Waals surface area contributed by atoms with Crippen LogP contribution in [0.25, 0.3) is 21.8 Å². The maximum atomic E-state index is 12.9. The average molecular weight is 419 g/mol. The molecule has 2 heterocycles. The second-order valence-electron chi connectivity index (χ2n) is 6.99. The molecule has 7 heteroatoms. The van der Waals surface area contributed by atoms with E-state index in [1.807, 2.05) is 62.4 Å². The fraction of sp³-hybridized carbons (Fsp3) is 0.217. The molecule has 30 heavy (non-hydrogen) atoms. The van der Waals surface area contributed by atoms with Gasteiger partial charge in [-0.2, -0.15) is 0 Å². The first kappa shape index (κ1) is 20.1. The maximum absolute atomic E-state index is 12.9. The van der Waals surface area contributed by atoms with Gasteiger partial charge in [-0.3, -0.25) is 19.1 Å². The number of benzene rings is 2. The summed E-state index contributed by atoms with van der Waals surface area (Å²) in [6.07, 6.45) is 2.53. The minimum atomic E-state index is -0.437. The van der Waals surface area contributed by atoms with Crippen molar-refractivity contribution in [3.05, 3.63) is 71.1 Å². The van der Waals surface area contributed by atoms with E-state index in [0.29, 0.717) is 22.6 Å². The van der Waals surface area contributed by atoms with Crippen molar-refractivity contribution in [1.82, 2.24) is 14.5 Å². The molecule has 0 aliphatic carbocycles. The van der Waals surface area contributed by atoms with Crippen LogP contribution in [-0.4, -0.2) is 25.7 Å².